The molecule has 0 bridgehead atoms. The molecule has 0 aliphatic carbocycles. The molecular weight excluding hydrogens is 346 g/mol. The number of halogens is 3. The predicted octanol–water partition coefficient (Wildman–Crippen LogP) is 4.67. The maximum Gasteiger partial charge on any atom is 0.152 e. The Labute approximate surface area is 147 Å². The molecular formula is C18H13ClF2N4. The van der Waals surface area contributed by atoms with Crippen LogP contribution in [0.25, 0.3) is 28.0 Å². The van der Waals surface area contributed by atoms with Gasteiger partial charge in [-0.25, -0.2) is 13.8 Å². The molecule has 4 nitrogen and oxygen atoms in total. The lowest BCUT2D eigenvalue weighted by Gasteiger charge is -2.10. The molecule has 2 aromatic carbocycles. The zero-order valence-corrected chi connectivity index (χ0v) is 14.2. The number of aryl methyl sites for hydroxylation is 2. The summed E-state index contributed by atoms with van der Waals surface area (Å²) in [7, 11) is 1.76. The maximum atomic E-state index is 14.4. The second kappa shape index (κ2) is 5.67. The third-order valence-corrected chi connectivity index (χ3v) is 4.45. The fraction of sp³-hybridized carbons (Fsp3) is 0.111. The molecule has 0 atom stereocenters. The average molecular weight is 359 g/mol. The molecule has 4 aromatic rings. The minimum absolute atomic E-state index is 0.192. The molecule has 0 unspecified atom stereocenters. The number of rotatable bonds is 2. The molecule has 0 aliphatic heterocycles. The van der Waals surface area contributed by atoms with E-state index in [0.29, 0.717) is 10.8 Å². The lowest BCUT2D eigenvalue weighted by molar-refractivity contribution is 0.588. The van der Waals surface area contributed by atoms with Gasteiger partial charge in [-0.3, -0.25) is 9.25 Å². The largest absolute Gasteiger partial charge is 0.280 e. The van der Waals surface area contributed by atoms with Crippen molar-refractivity contribution in [2.75, 3.05) is 0 Å². The van der Waals surface area contributed by atoms with Crippen molar-refractivity contribution in [3.8, 4) is 16.9 Å². The van der Waals surface area contributed by atoms with Gasteiger partial charge in [-0.05, 0) is 13.0 Å². The van der Waals surface area contributed by atoms with E-state index in [1.807, 2.05) is 25.1 Å². The van der Waals surface area contributed by atoms with Crippen LogP contribution in [-0.2, 0) is 7.05 Å². The van der Waals surface area contributed by atoms with Gasteiger partial charge in [0.15, 0.2) is 5.82 Å². The van der Waals surface area contributed by atoms with Crippen molar-refractivity contribution in [1.82, 2.24) is 19.3 Å². The van der Waals surface area contributed by atoms with Crippen LogP contribution < -0.4 is 0 Å². The molecule has 0 aliphatic rings. The fourth-order valence-electron chi connectivity index (χ4n) is 3.13. The van der Waals surface area contributed by atoms with Crippen molar-refractivity contribution in [2.24, 2.45) is 7.05 Å². The van der Waals surface area contributed by atoms with Gasteiger partial charge >= 0.3 is 0 Å². The SMILES string of the molecule is Cc1nn(C)c(-n2cnc3cc(F)cc(F)c32)c1-c1ccccc1Cl. The van der Waals surface area contributed by atoms with Gasteiger partial charge in [-0.2, -0.15) is 5.10 Å². The third kappa shape index (κ3) is 2.41. The van der Waals surface area contributed by atoms with Crippen LogP contribution in [0.5, 0.6) is 0 Å². The summed E-state index contributed by atoms with van der Waals surface area (Å²) in [6, 6.07) is 9.43. The van der Waals surface area contributed by atoms with Gasteiger partial charge in [-0.1, -0.05) is 29.8 Å². The highest BCUT2D eigenvalue weighted by Gasteiger charge is 2.22. The molecule has 0 saturated carbocycles. The summed E-state index contributed by atoms with van der Waals surface area (Å²) >= 11 is 6.36. The van der Waals surface area contributed by atoms with E-state index < -0.39 is 11.6 Å². The van der Waals surface area contributed by atoms with Crippen LogP contribution in [0.15, 0.2) is 42.7 Å². The second-order valence-electron chi connectivity index (χ2n) is 5.76. The van der Waals surface area contributed by atoms with Crippen molar-refractivity contribution < 1.29 is 8.78 Å². The van der Waals surface area contributed by atoms with E-state index in [9.17, 15) is 8.78 Å². The van der Waals surface area contributed by atoms with E-state index >= 15 is 0 Å². The maximum absolute atomic E-state index is 14.4. The van der Waals surface area contributed by atoms with Gasteiger partial charge in [0.25, 0.3) is 0 Å². The predicted molar refractivity (Wildman–Crippen MR) is 92.9 cm³/mol. The summed E-state index contributed by atoms with van der Waals surface area (Å²) in [5.74, 6) is -0.738. The van der Waals surface area contributed by atoms with Crippen molar-refractivity contribution in [2.45, 2.75) is 6.92 Å². The molecule has 2 heterocycles. The van der Waals surface area contributed by atoms with E-state index in [4.69, 9.17) is 11.6 Å². The molecule has 0 fully saturated rings. The van der Waals surface area contributed by atoms with E-state index in [2.05, 4.69) is 10.1 Å². The number of nitrogens with zero attached hydrogens (tertiary/aromatic N) is 4. The summed E-state index contributed by atoms with van der Waals surface area (Å²) in [4.78, 5) is 4.13. The normalized spacial score (nSPS) is 11.4. The van der Waals surface area contributed by atoms with Gasteiger partial charge < -0.3 is 0 Å². The summed E-state index contributed by atoms with van der Waals surface area (Å²) in [6.07, 6.45) is 1.46. The van der Waals surface area contributed by atoms with Crippen LogP contribution in [0.2, 0.25) is 5.02 Å². The molecule has 4 rings (SSSR count). The first-order chi connectivity index (χ1) is 12.0. The minimum atomic E-state index is -0.684. The lowest BCUT2D eigenvalue weighted by atomic mass is 10.1. The molecule has 7 heteroatoms. The van der Waals surface area contributed by atoms with E-state index in [1.165, 1.54) is 12.4 Å². The van der Waals surface area contributed by atoms with Crippen LogP contribution in [0.3, 0.4) is 0 Å². The highest BCUT2D eigenvalue weighted by molar-refractivity contribution is 6.33. The number of imidazole rings is 1. The van der Waals surface area contributed by atoms with Gasteiger partial charge in [0.1, 0.15) is 23.5 Å². The number of benzene rings is 2. The van der Waals surface area contributed by atoms with Crippen LogP contribution in [-0.4, -0.2) is 19.3 Å². The summed E-state index contributed by atoms with van der Waals surface area (Å²) in [6.45, 7) is 1.86. The first-order valence-electron chi connectivity index (χ1n) is 7.58. The Morgan fingerprint density at radius 2 is 1.88 bits per heavy atom. The Balaban J connectivity index is 2.07. The van der Waals surface area contributed by atoms with Gasteiger partial charge in [0.2, 0.25) is 0 Å². The van der Waals surface area contributed by atoms with Crippen molar-refractivity contribution >= 4 is 22.6 Å². The zero-order chi connectivity index (χ0) is 17.7. The quantitative estimate of drug-likeness (QED) is 0.522. The number of fused-ring (bicyclic) bond motifs is 1. The number of hydrogen-bond donors (Lipinski definition) is 0. The van der Waals surface area contributed by atoms with Gasteiger partial charge in [0, 0.05) is 35.3 Å². The number of aromatic nitrogens is 4. The molecule has 0 radical (unpaired) electrons. The highest BCUT2D eigenvalue weighted by Crippen LogP contribution is 2.36. The van der Waals surface area contributed by atoms with Gasteiger partial charge in [-0.15, -0.1) is 0 Å². The molecule has 0 spiro atoms. The topological polar surface area (TPSA) is 35.6 Å². The number of hydrogen-bond acceptors (Lipinski definition) is 2. The summed E-state index contributed by atoms with van der Waals surface area (Å²) < 4.78 is 31.1. The zero-order valence-electron chi connectivity index (χ0n) is 13.5. The molecule has 25 heavy (non-hydrogen) atoms. The molecule has 0 amide bonds. The van der Waals surface area contributed by atoms with Crippen LogP contribution in [0.1, 0.15) is 5.69 Å². The van der Waals surface area contributed by atoms with Crippen molar-refractivity contribution in [3.63, 3.8) is 0 Å². The molecule has 126 valence electrons. The Morgan fingerprint density at radius 1 is 1.12 bits per heavy atom. The Kier molecular flexibility index (Phi) is 3.58. The Morgan fingerprint density at radius 3 is 2.64 bits per heavy atom. The van der Waals surface area contributed by atoms with Crippen molar-refractivity contribution in [1.29, 1.82) is 0 Å². The van der Waals surface area contributed by atoms with E-state index in [1.54, 1.807) is 22.4 Å². The smallest absolute Gasteiger partial charge is 0.152 e. The minimum Gasteiger partial charge on any atom is -0.280 e. The highest BCUT2D eigenvalue weighted by atomic mass is 35.5. The van der Waals surface area contributed by atoms with E-state index in [0.717, 1.165) is 22.9 Å². The Bertz CT molecular complexity index is 1110. The molecule has 0 N–H and O–H groups in total. The second-order valence-corrected chi connectivity index (χ2v) is 6.16. The first kappa shape index (κ1) is 15.8. The third-order valence-electron chi connectivity index (χ3n) is 4.12. The molecule has 0 saturated heterocycles. The van der Waals surface area contributed by atoms with E-state index in [-0.39, 0.29) is 11.0 Å². The first-order valence-corrected chi connectivity index (χ1v) is 7.96. The fourth-order valence-corrected chi connectivity index (χ4v) is 3.36. The van der Waals surface area contributed by atoms with Crippen LogP contribution >= 0.6 is 11.6 Å². The Hall–Kier alpha value is -2.73. The van der Waals surface area contributed by atoms with Crippen LogP contribution in [0.4, 0.5) is 8.78 Å². The van der Waals surface area contributed by atoms with Crippen molar-refractivity contribution in [3.05, 3.63) is 65.1 Å². The van der Waals surface area contributed by atoms with Crippen LogP contribution in [0, 0.1) is 18.6 Å². The standard InChI is InChI=1S/C18H13ClF2N4/c1-10-16(12-5-3-4-6-13(12)19)18(24(2)23-10)25-9-22-15-8-11(20)7-14(21)17(15)25/h3-9H,1-2H3. The summed E-state index contributed by atoms with van der Waals surface area (Å²) in [5, 5.41) is 5.02. The van der Waals surface area contributed by atoms with Gasteiger partial charge in [0.05, 0.1) is 11.2 Å². The summed E-state index contributed by atoms with van der Waals surface area (Å²) in [5.41, 5.74) is 2.74. The lowest BCUT2D eigenvalue weighted by Crippen LogP contribution is -2.04. The molecule has 2 aromatic heterocycles. The average Bonchev–Trinajstić information content (AvgIpc) is 3.08. The monoisotopic (exact) mass is 358 g/mol.